The number of aromatic nitrogens is 3. The van der Waals surface area contributed by atoms with Crippen molar-refractivity contribution in [1.82, 2.24) is 29.5 Å². The van der Waals surface area contributed by atoms with Gasteiger partial charge < -0.3 is 9.80 Å². The minimum atomic E-state index is -0.170. The molecule has 2 amide bonds. The molecule has 4 rings (SSSR count). The minimum Gasteiger partial charge on any atom is -0.338 e. The standard InChI is InChI=1S/C18H22N6O2/c25-17(22-6-1-7-22)16-12-20-24(14-16)18(26)23-10-8-21(9-11-23)13-15-2-4-19-5-3-15/h2-5,12,14H,1,6-11,13H2. The number of likely N-dealkylation sites (tertiary alicyclic amines) is 1. The Morgan fingerprint density at radius 1 is 0.962 bits per heavy atom. The molecule has 2 aliphatic rings. The van der Waals surface area contributed by atoms with Gasteiger partial charge in [0.05, 0.1) is 11.8 Å². The van der Waals surface area contributed by atoms with Gasteiger partial charge in [-0.1, -0.05) is 0 Å². The van der Waals surface area contributed by atoms with Gasteiger partial charge in [0.1, 0.15) is 0 Å². The van der Waals surface area contributed by atoms with E-state index in [4.69, 9.17) is 0 Å². The molecule has 26 heavy (non-hydrogen) atoms. The van der Waals surface area contributed by atoms with Crippen LogP contribution in [0.15, 0.2) is 36.9 Å². The van der Waals surface area contributed by atoms with Crippen LogP contribution < -0.4 is 0 Å². The molecular weight excluding hydrogens is 332 g/mol. The number of carbonyl (C=O) groups is 2. The van der Waals surface area contributed by atoms with E-state index in [1.54, 1.807) is 28.4 Å². The van der Waals surface area contributed by atoms with E-state index in [0.29, 0.717) is 18.7 Å². The molecule has 8 heteroatoms. The SMILES string of the molecule is O=C(c1cnn(C(=O)N2CCN(Cc3ccncc3)CC2)c1)N1CCC1. The lowest BCUT2D eigenvalue weighted by Gasteiger charge is -2.34. The van der Waals surface area contributed by atoms with Gasteiger partial charge in [-0.05, 0) is 24.1 Å². The first-order valence-corrected chi connectivity index (χ1v) is 8.95. The highest BCUT2D eigenvalue weighted by Gasteiger charge is 2.26. The van der Waals surface area contributed by atoms with Crippen molar-refractivity contribution >= 4 is 11.9 Å². The molecule has 0 atom stereocenters. The van der Waals surface area contributed by atoms with Crippen molar-refractivity contribution in [3.05, 3.63) is 48.0 Å². The van der Waals surface area contributed by atoms with Crippen LogP contribution >= 0.6 is 0 Å². The van der Waals surface area contributed by atoms with Crippen LogP contribution in [0.3, 0.4) is 0 Å². The van der Waals surface area contributed by atoms with Crippen LogP contribution in [-0.4, -0.2) is 80.7 Å². The van der Waals surface area contributed by atoms with Crippen LogP contribution in [-0.2, 0) is 6.54 Å². The summed E-state index contributed by atoms with van der Waals surface area (Å²) in [5.74, 6) is -0.0440. The zero-order chi connectivity index (χ0) is 17.9. The predicted molar refractivity (Wildman–Crippen MR) is 94.6 cm³/mol. The quantitative estimate of drug-likeness (QED) is 0.819. The fraction of sp³-hybridized carbons (Fsp3) is 0.444. The zero-order valence-electron chi connectivity index (χ0n) is 14.6. The van der Waals surface area contributed by atoms with Gasteiger partial charge in [-0.25, -0.2) is 4.79 Å². The van der Waals surface area contributed by atoms with Crippen LogP contribution in [0.25, 0.3) is 0 Å². The molecule has 136 valence electrons. The largest absolute Gasteiger partial charge is 0.344 e. The van der Waals surface area contributed by atoms with Crippen LogP contribution in [0.5, 0.6) is 0 Å². The number of nitrogens with zero attached hydrogens (tertiary/aromatic N) is 6. The van der Waals surface area contributed by atoms with Gasteiger partial charge in [0.25, 0.3) is 5.91 Å². The predicted octanol–water partition coefficient (Wildman–Crippen LogP) is 0.910. The van der Waals surface area contributed by atoms with E-state index < -0.39 is 0 Å². The Hall–Kier alpha value is -2.74. The summed E-state index contributed by atoms with van der Waals surface area (Å²) in [6.07, 6.45) is 7.67. The fourth-order valence-corrected chi connectivity index (χ4v) is 3.23. The van der Waals surface area contributed by atoms with Crippen molar-refractivity contribution in [2.24, 2.45) is 0 Å². The molecule has 0 radical (unpaired) electrons. The summed E-state index contributed by atoms with van der Waals surface area (Å²) in [7, 11) is 0. The number of piperazine rings is 1. The van der Waals surface area contributed by atoms with Crippen molar-refractivity contribution < 1.29 is 9.59 Å². The van der Waals surface area contributed by atoms with Gasteiger partial charge in [-0.3, -0.25) is 14.7 Å². The third-order valence-corrected chi connectivity index (χ3v) is 4.97. The number of hydrogen-bond donors (Lipinski definition) is 0. The van der Waals surface area contributed by atoms with Crippen molar-refractivity contribution in [2.45, 2.75) is 13.0 Å². The monoisotopic (exact) mass is 354 g/mol. The molecule has 2 saturated heterocycles. The van der Waals surface area contributed by atoms with E-state index in [1.165, 1.54) is 16.4 Å². The van der Waals surface area contributed by atoms with E-state index in [1.807, 2.05) is 12.1 Å². The van der Waals surface area contributed by atoms with E-state index in [-0.39, 0.29) is 11.9 Å². The number of pyridine rings is 1. The maximum absolute atomic E-state index is 12.6. The van der Waals surface area contributed by atoms with Crippen molar-refractivity contribution in [2.75, 3.05) is 39.3 Å². The molecular formula is C18H22N6O2. The first kappa shape index (κ1) is 16.7. The summed E-state index contributed by atoms with van der Waals surface area (Å²) in [5.41, 5.74) is 1.70. The first-order valence-electron chi connectivity index (χ1n) is 8.95. The fourth-order valence-electron chi connectivity index (χ4n) is 3.23. The van der Waals surface area contributed by atoms with E-state index >= 15 is 0 Å². The maximum Gasteiger partial charge on any atom is 0.344 e. The van der Waals surface area contributed by atoms with Gasteiger partial charge in [-0.15, -0.1) is 0 Å². The Morgan fingerprint density at radius 3 is 2.35 bits per heavy atom. The summed E-state index contributed by atoms with van der Waals surface area (Å²) in [6.45, 7) is 5.37. The van der Waals surface area contributed by atoms with E-state index in [0.717, 1.165) is 39.1 Å². The van der Waals surface area contributed by atoms with Gasteiger partial charge in [-0.2, -0.15) is 9.78 Å². The molecule has 0 aromatic carbocycles. The molecule has 8 nitrogen and oxygen atoms in total. The third-order valence-electron chi connectivity index (χ3n) is 4.97. The topological polar surface area (TPSA) is 74.6 Å². The highest BCUT2D eigenvalue weighted by atomic mass is 16.2. The summed E-state index contributed by atoms with van der Waals surface area (Å²) >= 11 is 0. The highest BCUT2D eigenvalue weighted by molar-refractivity contribution is 5.94. The lowest BCUT2D eigenvalue weighted by atomic mass is 10.2. The third kappa shape index (κ3) is 3.45. The Labute approximate surface area is 152 Å². The van der Waals surface area contributed by atoms with E-state index in [2.05, 4.69) is 15.0 Å². The second-order valence-corrected chi connectivity index (χ2v) is 6.72. The summed E-state index contributed by atoms with van der Waals surface area (Å²) < 4.78 is 1.28. The maximum atomic E-state index is 12.6. The molecule has 2 fully saturated rings. The van der Waals surface area contributed by atoms with Crippen molar-refractivity contribution in [3.8, 4) is 0 Å². The molecule has 0 N–H and O–H groups in total. The first-order chi connectivity index (χ1) is 12.7. The summed E-state index contributed by atoms with van der Waals surface area (Å²) in [5, 5.41) is 4.10. The molecule has 0 spiro atoms. The van der Waals surface area contributed by atoms with Crippen LogP contribution in [0.2, 0.25) is 0 Å². The number of amides is 2. The molecule has 2 aromatic heterocycles. The molecule has 4 heterocycles. The molecule has 0 unspecified atom stereocenters. The molecule has 2 aliphatic heterocycles. The normalized spacial score (nSPS) is 17.8. The molecule has 0 bridgehead atoms. The Balaban J connectivity index is 1.32. The molecule has 0 saturated carbocycles. The smallest absolute Gasteiger partial charge is 0.338 e. The van der Waals surface area contributed by atoms with Crippen LogP contribution in [0.4, 0.5) is 4.79 Å². The lowest BCUT2D eigenvalue weighted by molar-refractivity contribution is 0.0652. The second-order valence-electron chi connectivity index (χ2n) is 6.72. The lowest BCUT2D eigenvalue weighted by Crippen LogP contribution is -2.49. The number of hydrogen-bond acceptors (Lipinski definition) is 5. The summed E-state index contributed by atoms with van der Waals surface area (Å²) in [4.78, 5) is 34.7. The van der Waals surface area contributed by atoms with Crippen molar-refractivity contribution in [1.29, 1.82) is 0 Å². The summed E-state index contributed by atoms with van der Waals surface area (Å²) in [6, 6.07) is 3.85. The zero-order valence-corrected chi connectivity index (χ0v) is 14.6. The van der Waals surface area contributed by atoms with Gasteiger partial charge >= 0.3 is 6.03 Å². The average Bonchev–Trinajstić information content (AvgIpc) is 3.11. The van der Waals surface area contributed by atoms with Crippen molar-refractivity contribution in [3.63, 3.8) is 0 Å². The Morgan fingerprint density at radius 2 is 1.69 bits per heavy atom. The molecule has 2 aromatic rings. The Kier molecular flexibility index (Phi) is 4.66. The van der Waals surface area contributed by atoms with E-state index in [9.17, 15) is 9.59 Å². The van der Waals surface area contributed by atoms with Crippen LogP contribution in [0, 0.1) is 0 Å². The second kappa shape index (κ2) is 7.25. The Bertz CT molecular complexity index is 778. The van der Waals surface area contributed by atoms with Gasteiger partial charge in [0, 0.05) is 64.4 Å². The van der Waals surface area contributed by atoms with Gasteiger partial charge in [0.2, 0.25) is 0 Å². The number of rotatable bonds is 3. The highest BCUT2D eigenvalue weighted by Crippen LogP contribution is 2.13. The minimum absolute atomic E-state index is 0.0440. The average molecular weight is 354 g/mol. The number of carbonyl (C=O) groups excluding carboxylic acids is 2. The van der Waals surface area contributed by atoms with Gasteiger partial charge in [0.15, 0.2) is 0 Å². The molecule has 0 aliphatic carbocycles. The van der Waals surface area contributed by atoms with Crippen LogP contribution in [0.1, 0.15) is 22.3 Å².